The minimum atomic E-state index is -3.20. The second kappa shape index (κ2) is 8.19. The Bertz CT molecular complexity index is 723. The number of hydrogen-bond donors (Lipinski definition) is 0. The molecule has 1 aliphatic rings. The van der Waals surface area contributed by atoms with Crippen molar-refractivity contribution in [3.63, 3.8) is 0 Å². The van der Waals surface area contributed by atoms with Gasteiger partial charge < -0.3 is 9.64 Å². The Morgan fingerprint density at radius 1 is 1.12 bits per heavy atom. The number of benzene rings is 1. The van der Waals surface area contributed by atoms with Gasteiger partial charge in [0.05, 0.1) is 12.9 Å². The summed E-state index contributed by atoms with van der Waals surface area (Å²) in [5, 5.41) is 0. The van der Waals surface area contributed by atoms with Gasteiger partial charge in [0.25, 0.3) is 5.91 Å². The van der Waals surface area contributed by atoms with Gasteiger partial charge in [-0.3, -0.25) is 4.79 Å². The summed E-state index contributed by atoms with van der Waals surface area (Å²) >= 11 is 0. The van der Waals surface area contributed by atoms with Crippen LogP contribution in [0, 0.1) is 13.8 Å². The molecule has 0 atom stereocenters. The fraction of sp³-hybridized carbons (Fsp3) is 0.611. The van der Waals surface area contributed by atoms with Gasteiger partial charge in [-0.05, 0) is 43.5 Å². The maximum absolute atomic E-state index is 12.8. The first-order valence-corrected chi connectivity index (χ1v) is 10.3. The lowest BCUT2D eigenvalue weighted by molar-refractivity contribution is 0.0697. The Morgan fingerprint density at radius 3 is 2.32 bits per heavy atom. The van der Waals surface area contributed by atoms with Crippen LogP contribution in [0.15, 0.2) is 12.1 Å². The second-order valence-corrected chi connectivity index (χ2v) is 8.59. The summed E-state index contributed by atoms with van der Waals surface area (Å²) in [4.78, 5) is 14.6. The zero-order valence-electron chi connectivity index (χ0n) is 15.5. The number of aryl methyl sites for hydroxylation is 2. The van der Waals surface area contributed by atoms with Crippen molar-refractivity contribution in [1.82, 2.24) is 9.21 Å². The van der Waals surface area contributed by atoms with Crippen LogP contribution in [0.1, 0.15) is 41.3 Å². The van der Waals surface area contributed by atoms with Crippen LogP contribution in [-0.4, -0.2) is 62.6 Å². The topological polar surface area (TPSA) is 66.9 Å². The Labute approximate surface area is 150 Å². The molecule has 1 fully saturated rings. The molecule has 7 heteroatoms. The first-order chi connectivity index (χ1) is 11.8. The van der Waals surface area contributed by atoms with Gasteiger partial charge in [-0.2, -0.15) is 4.31 Å². The van der Waals surface area contributed by atoms with Crippen molar-refractivity contribution in [2.24, 2.45) is 0 Å². The first kappa shape index (κ1) is 19.7. The number of carbonyl (C=O) groups is 1. The maximum atomic E-state index is 12.8. The lowest BCUT2D eigenvalue weighted by Crippen LogP contribution is -2.51. The van der Waals surface area contributed by atoms with E-state index in [-0.39, 0.29) is 11.7 Å². The van der Waals surface area contributed by atoms with E-state index in [1.165, 1.54) is 4.31 Å². The van der Waals surface area contributed by atoms with Gasteiger partial charge in [0.2, 0.25) is 10.0 Å². The van der Waals surface area contributed by atoms with Crippen molar-refractivity contribution in [3.05, 3.63) is 28.8 Å². The predicted octanol–water partition coefficient (Wildman–Crippen LogP) is 2.20. The molecule has 0 N–H and O–H groups in total. The molecule has 2 rings (SSSR count). The molecule has 1 aliphatic heterocycles. The summed E-state index contributed by atoms with van der Waals surface area (Å²) in [7, 11) is -1.59. The average Bonchev–Trinajstić information content (AvgIpc) is 2.61. The van der Waals surface area contributed by atoms with Crippen LogP contribution in [0.2, 0.25) is 0 Å². The number of amides is 1. The molecule has 0 unspecified atom stereocenters. The number of methoxy groups -OCH3 is 1. The van der Waals surface area contributed by atoms with E-state index >= 15 is 0 Å². The van der Waals surface area contributed by atoms with Gasteiger partial charge in [-0.1, -0.05) is 13.3 Å². The van der Waals surface area contributed by atoms with Gasteiger partial charge in [0.15, 0.2) is 0 Å². The second-order valence-electron chi connectivity index (χ2n) is 6.50. The third-order valence-electron chi connectivity index (χ3n) is 4.65. The number of carbonyl (C=O) groups excluding carboxylic acids is 1. The highest BCUT2D eigenvalue weighted by Gasteiger charge is 2.29. The van der Waals surface area contributed by atoms with Crippen LogP contribution in [-0.2, 0) is 10.0 Å². The van der Waals surface area contributed by atoms with Crippen molar-refractivity contribution in [2.75, 3.05) is 39.0 Å². The van der Waals surface area contributed by atoms with Gasteiger partial charge in [-0.25, -0.2) is 8.42 Å². The summed E-state index contributed by atoms with van der Waals surface area (Å²) < 4.78 is 31.3. The minimum absolute atomic E-state index is 0.0474. The summed E-state index contributed by atoms with van der Waals surface area (Å²) in [6.07, 6.45) is 1.53. The molecule has 0 aliphatic carbocycles. The number of hydrogen-bond acceptors (Lipinski definition) is 4. The van der Waals surface area contributed by atoms with Crippen molar-refractivity contribution in [2.45, 2.75) is 33.6 Å². The number of ether oxygens (including phenoxy) is 1. The van der Waals surface area contributed by atoms with Crippen LogP contribution in [0.5, 0.6) is 5.75 Å². The molecule has 140 valence electrons. The van der Waals surface area contributed by atoms with Crippen molar-refractivity contribution < 1.29 is 17.9 Å². The van der Waals surface area contributed by atoms with Crippen LogP contribution in [0.3, 0.4) is 0 Å². The normalized spacial score (nSPS) is 16.1. The average molecular weight is 368 g/mol. The summed E-state index contributed by atoms with van der Waals surface area (Å²) in [5.41, 5.74) is 2.43. The van der Waals surface area contributed by atoms with Gasteiger partial charge >= 0.3 is 0 Å². The fourth-order valence-electron chi connectivity index (χ4n) is 3.04. The standard InChI is InChI=1S/C18H28N2O4S/c1-5-6-11-25(22,23)20-9-7-19(8-10-20)18(21)16-12-15(3)17(24-4)13-14(16)2/h12-13H,5-11H2,1-4H3. The maximum Gasteiger partial charge on any atom is 0.254 e. The smallest absolute Gasteiger partial charge is 0.254 e. The highest BCUT2D eigenvalue weighted by molar-refractivity contribution is 7.89. The van der Waals surface area contributed by atoms with Crippen LogP contribution >= 0.6 is 0 Å². The van der Waals surface area contributed by atoms with Crippen molar-refractivity contribution in [3.8, 4) is 5.75 Å². The molecular weight excluding hydrogens is 340 g/mol. The summed E-state index contributed by atoms with van der Waals surface area (Å²) in [5.74, 6) is 0.906. The quantitative estimate of drug-likeness (QED) is 0.772. The molecule has 1 aromatic rings. The summed E-state index contributed by atoms with van der Waals surface area (Å²) in [6.45, 7) is 7.36. The lowest BCUT2D eigenvalue weighted by Gasteiger charge is -2.34. The Balaban J connectivity index is 2.06. The van der Waals surface area contributed by atoms with Crippen molar-refractivity contribution >= 4 is 15.9 Å². The van der Waals surface area contributed by atoms with Gasteiger partial charge in [0.1, 0.15) is 5.75 Å². The minimum Gasteiger partial charge on any atom is -0.496 e. The molecule has 25 heavy (non-hydrogen) atoms. The highest BCUT2D eigenvalue weighted by Crippen LogP contribution is 2.24. The molecule has 0 bridgehead atoms. The summed E-state index contributed by atoms with van der Waals surface area (Å²) in [6, 6.07) is 3.72. The SMILES string of the molecule is CCCCS(=O)(=O)N1CCN(C(=O)c2cc(C)c(OC)cc2C)CC1. The van der Waals surface area contributed by atoms with Crippen LogP contribution in [0.25, 0.3) is 0 Å². The van der Waals surface area contributed by atoms with Crippen LogP contribution < -0.4 is 4.74 Å². The molecule has 1 aromatic carbocycles. The molecule has 0 saturated carbocycles. The van der Waals surface area contributed by atoms with E-state index in [0.717, 1.165) is 23.3 Å². The van der Waals surface area contributed by atoms with E-state index in [9.17, 15) is 13.2 Å². The van der Waals surface area contributed by atoms with Gasteiger partial charge in [-0.15, -0.1) is 0 Å². The Morgan fingerprint density at radius 2 is 1.76 bits per heavy atom. The molecule has 1 heterocycles. The molecule has 6 nitrogen and oxygen atoms in total. The Hall–Kier alpha value is -1.60. The van der Waals surface area contributed by atoms with E-state index in [1.807, 2.05) is 32.9 Å². The number of sulfonamides is 1. The molecule has 1 saturated heterocycles. The first-order valence-electron chi connectivity index (χ1n) is 8.72. The molecule has 1 amide bonds. The third kappa shape index (κ3) is 4.52. The number of rotatable bonds is 6. The Kier molecular flexibility index (Phi) is 6.46. The largest absolute Gasteiger partial charge is 0.496 e. The van der Waals surface area contributed by atoms with Crippen LogP contribution in [0.4, 0.5) is 0 Å². The van der Waals surface area contributed by atoms with Crippen molar-refractivity contribution in [1.29, 1.82) is 0 Å². The van der Waals surface area contributed by atoms with E-state index in [0.29, 0.717) is 38.2 Å². The van der Waals surface area contributed by atoms with Gasteiger partial charge in [0, 0.05) is 31.7 Å². The third-order valence-corrected chi connectivity index (χ3v) is 6.60. The number of nitrogens with zero attached hydrogens (tertiary/aromatic N) is 2. The molecular formula is C18H28N2O4S. The van der Waals surface area contributed by atoms with E-state index in [4.69, 9.17) is 4.74 Å². The predicted molar refractivity (Wildman–Crippen MR) is 98.6 cm³/mol. The van der Waals surface area contributed by atoms with E-state index in [1.54, 1.807) is 12.0 Å². The molecule has 0 aromatic heterocycles. The monoisotopic (exact) mass is 368 g/mol. The highest BCUT2D eigenvalue weighted by atomic mass is 32.2. The number of unbranched alkanes of at least 4 members (excludes halogenated alkanes) is 1. The molecule has 0 radical (unpaired) electrons. The zero-order valence-corrected chi connectivity index (χ0v) is 16.4. The van der Waals surface area contributed by atoms with E-state index < -0.39 is 10.0 Å². The molecule has 0 spiro atoms. The number of piperazine rings is 1. The lowest BCUT2D eigenvalue weighted by atomic mass is 10.0. The fourth-order valence-corrected chi connectivity index (χ4v) is 4.67. The van der Waals surface area contributed by atoms with E-state index in [2.05, 4.69) is 0 Å². The zero-order chi connectivity index (χ0) is 18.6.